The number of amides is 1. The number of carbonyl (C=O) groups is 1. The van der Waals surface area contributed by atoms with Gasteiger partial charge in [0.15, 0.2) is 5.13 Å². The normalized spacial score (nSPS) is 14.5. The monoisotopic (exact) mass is 416 g/mol. The van der Waals surface area contributed by atoms with Gasteiger partial charge < -0.3 is 10.2 Å². The number of nitrogens with zero attached hydrogens (tertiary/aromatic N) is 2. The first kappa shape index (κ1) is 18.9. The summed E-state index contributed by atoms with van der Waals surface area (Å²) in [4.78, 5) is 19.6. The highest BCUT2D eigenvalue weighted by Gasteiger charge is 2.17. The van der Waals surface area contributed by atoms with Gasteiger partial charge in [-0.05, 0) is 56.3 Å². The summed E-state index contributed by atoms with van der Waals surface area (Å²) in [7, 11) is -2.27. The average molecular weight is 417 g/mol. The van der Waals surface area contributed by atoms with Gasteiger partial charge in [0.05, 0.1) is 15.1 Å². The van der Waals surface area contributed by atoms with Crippen molar-refractivity contribution < 1.29 is 13.2 Å². The minimum atomic E-state index is -3.60. The minimum Gasteiger partial charge on any atom is -0.348 e. The summed E-state index contributed by atoms with van der Waals surface area (Å²) in [6.07, 6.45) is 2.39. The first-order valence-corrected chi connectivity index (χ1v) is 11.3. The number of nitrogens with one attached hydrogen (secondary N) is 2. The maximum absolute atomic E-state index is 12.6. The molecule has 146 valence electrons. The van der Waals surface area contributed by atoms with Crippen molar-refractivity contribution in [2.75, 3.05) is 30.4 Å². The molecule has 1 aliphatic rings. The highest BCUT2D eigenvalue weighted by molar-refractivity contribution is 7.89. The van der Waals surface area contributed by atoms with Gasteiger partial charge in [-0.15, -0.1) is 0 Å². The summed E-state index contributed by atoms with van der Waals surface area (Å²) in [5.74, 6) is -0.364. The Bertz CT molecular complexity index is 1140. The van der Waals surface area contributed by atoms with Crippen LogP contribution in [-0.4, -0.2) is 39.4 Å². The molecular formula is C19H20N4O3S2. The van der Waals surface area contributed by atoms with Crippen LogP contribution >= 0.6 is 11.3 Å². The molecule has 2 aromatic carbocycles. The Balaban J connectivity index is 1.56. The van der Waals surface area contributed by atoms with E-state index in [2.05, 4.69) is 19.9 Å². The van der Waals surface area contributed by atoms with E-state index in [0.29, 0.717) is 5.69 Å². The van der Waals surface area contributed by atoms with E-state index in [1.165, 1.54) is 32.0 Å². The van der Waals surface area contributed by atoms with Crippen molar-refractivity contribution in [3.05, 3.63) is 48.0 Å². The molecule has 0 atom stereocenters. The molecule has 4 rings (SSSR count). The summed E-state index contributed by atoms with van der Waals surface area (Å²) in [5, 5.41) is 3.85. The molecule has 0 bridgehead atoms. The van der Waals surface area contributed by atoms with Crippen molar-refractivity contribution in [2.24, 2.45) is 0 Å². The summed E-state index contributed by atoms with van der Waals surface area (Å²) in [6, 6.07) is 11.5. The number of aromatic nitrogens is 1. The fourth-order valence-electron chi connectivity index (χ4n) is 3.16. The highest BCUT2D eigenvalue weighted by atomic mass is 32.2. The van der Waals surface area contributed by atoms with E-state index in [1.807, 2.05) is 18.2 Å². The maximum atomic E-state index is 12.6. The third-order valence-corrected chi connectivity index (χ3v) is 7.18. The summed E-state index contributed by atoms with van der Waals surface area (Å²) in [5.41, 5.74) is 1.83. The molecule has 0 radical (unpaired) electrons. The molecule has 3 aromatic rings. The van der Waals surface area contributed by atoms with E-state index in [4.69, 9.17) is 0 Å². The van der Waals surface area contributed by atoms with Crippen LogP contribution in [0.3, 0.4) is 0 Å². The molecule has 1 saturated heterocycles. The largest absolute Gasteiger partial charge is 0.348 e. The Morgan fingerprint density at radius 1 is 1.14 bits per heavy atom. The standard InChI is InChI=1S/C19H20N4O3S2/c1-20-28(25,26)15-6-4-5-13(11-15)18(24)21-14-7-8-16-17(12-14)27-19(22-16)23-9-2-3-10-23/h4-8,11-12,20H,2-3,9-10H2,1H3,(H,21,24). The first-order chi connectivity index (χ1) is 13.5. The Morgan fingerprint density at radius 2 is 1.93 bits per heavy atom. The molecule has 7 nitrogen and oxygen atoms in total. The van der Waals surface area contributed by atoms with Gasteiger partial charge in [0.1, 0.15) is 0 Å². The zero-order valence-electron chi connectivity index (χ0n) is 15.3. The van der Waals surface area contributed by atoms with Gasteiger partial charge >= 0.3 is 0 Å². The molecule has 1 aromatic heterocycles. The van der Waals surface area contributed by atoms with Crippen molar-refractivity contribution in [3.8, 4) is 0 Å². The van der Waals surface area contributed by atoms with E-state index in [0.717, 1.165) is 28.4 Å². The molecule has 2 N–H and O–H groups in total. The van der Waals surface area contributed by atoms with Crippen molar-refractivity contribution in [3.63, 3.8) is 0 Å². The number of anilines is 2. The van der Waals surface area contributed by atoms with Crippen molar-refractivity contribution in [1.82, 2.24) is 9.71 Å². The van der Waals surface area contributed by atoms with Crippen LogP contribution in [-0.2, 0) is 10.0 Å². The van der Waals surface area contributed by atoms with Gasteiger partial charge in [0.2, 0.25) is 10.0 Å². The smallest absolute Gasteiger partial charge is 0.255 e. The lowest BCUT2D eigenvalue weighted by Gasteiger charge is -2.11. The van der Waals surface area contributed by atoms with E-state index in [1.54, 1.807) is 23.5 Å². The number of benzene rings is 2. The molecule has 1 amide bonds. The Morgan fingerprint density at radius 3 is 2.68 bits per heavy atom. The van der Waals surface area contributed by atoms with Crippen LogP contribution in [0.1, 0.15) is 23.2 Å². The lowest BCUT2D eigenvalue weighted by molar-refractivity contribution is 0.102. The molecular weight excluding hydrogens is 396 g/mol. The second kappa shape index (κ2) is 7.50. The number of thiazole rings is 1. The third kappa shape index (κ3) is 3.73. The number of sulfonamides is 1. The van der Waals surface area contributed by atoms with Crippen molar-refractivity contribution in [1.29, 1.82) is 0 Å². The highest BCUT2D eigenvalue weighted by Crippen LogP contribution is 2.32. The topological polar surface area (TPSA) is 91.4 Å². The van der Waals surface area contributed by atoms with Gasteiger partial charge in [-0.25, -0.2) is 18.1 Å². The summed E-state index contributed by atoms with van der Waals surface area (Å²) in [6.45, 7) is 2.07. The number of fused-ring (bicyclic) bond motifs is 1. The van der Waals surface area contributed by atoms with Crippen LogP contribution < -0.4 is 14.9 Å². The lowest BCUT2D eigenvalue weighted by Crippen LogP contribution is -2.19. The van der Waals surface area contributed by atoms with Gasteiger partial charge in [-0.2, -0.15) is 0 Å². The zero-order valence-corrected chi connectivity index (χ0v) is 16.9. The van der Waals surface area contributed by atoms with Gasteiger partial charge in [-0.3, -0.25) is 4.79 Å². The predicted molar refractivity (Wildman–Crippen MR) is 112 cm³/mol. The van der Waals surface area contributed by atoms with Crippen LogP contribution in [0.4, 0.5) is 10.8 Å². The van der Waals surface area contributed by atoms with Gasteiger partial charge in [-0.1, -0.05) is 17.4 Å². The Kier molecular flexibility index (Phi) is 5.05. The molecule has 0 saturated carbocycles. The Hall–Kier alpha value is -2.49. The van der Waals surface area contributed by atoms with Gasteiger partial charge in [0.25, 0.3) is 5.91 Å². The van der Waals surface area contributed by atoms with Gasteiger partial charge in [0, 0.05) is 24.3 Å². The van der Waals surface area contributed by atoms with E-state index in [9.17, 15) is 13.2 Å². The second-order valence-corrected chi connectivity index (χ2v) is 9.46. The average Bonchev–Trinajstić information content (AvgIpc) is 3.37. The predicted octanol–water partition coefficient (Wildman–Crippen LogP) is 3.06. The second-order valence-electron chi connectivity index (χ2n) is 6.56. The first-order valence-electron chi connectivity index (χ1n) is 8.97. The SMILES string of the molecule is CNS(=O)(=O)c1cccc(C(=O)Nc2ccc3nc(N4CCCC4)sc3c2)c1. The molecule has 1 aliphatic heterocycles. The van der Waals surface area contributed by atoms with Crippen molar-refractivity contribution in [2.45, 2.75) is 17.7 Å². The number of hydrogen-bond donors (Lipinski definition) is 2. The molecule has 28 heavy (non-hydrogen) atoms. The molecule has 2 heterocycles. The number of hydrogen-bond acceptors (Lipinski definition) is 6. The van der Waals surface area contributed by atoms with Crippen LogP contribution in [0.25, 0.3) is 10.2 Å². The molecule has 9 heteroatoms. The van der Waals surface area contributed by atoms with E-state index < -0.39 is 10.0 Å². The van der Waals surface area contributed by atoms with E-state index in [-0.39, 0.29) is 16.4 Å². The van der Waals surface area contributed by atoms with Crippen molar-refractivity contribution >= 4 is 48.3 Å². The molecule has 0 aliphatic carbocycles. The summed E-state index contributed by atoms with van der Waals surface area (Å²) >= 11 is 1.62. The van der Waals surface area contributed by atoms with Crippen LogP contribution in [0, 0.1) is 0 Å². The maximum Gasteiger partial charge on any atom is 0.255 e. The number of rotatable bonds is 5. The van der Waals surface area contributed by atoms with Crippen LogP contribution in [0.5, 0.6) is 0 Å². The fraction of sp³-hybridized carbons (Fsp3) is 0.263. The zero-order chi connectivity index (χ0) is 19.7. The van der Waals surface area contributed by atoms with E-state index >= 15 is 0 Å². The Labute approximate surface area is 167 Å². The third-order valence-electron chi connectivity index (χ3n) is 4.69. The molecule has 1 fully saturated rings. The molecule has 0 unspecified atom stereocenters. The van der Waals surface area contributed by atoms with Crippen LogP contribution in [0.2, 0.25) is 0 Å². The quantitative estimate of drug-likeness (QED) is 0.667. The molecule has 0 spiro atoms. The summed E-state index contributed by atoms with van der Waals surface area (Å²) < 4.78 is 27.1. The lowest BCUT2D eigenvalue weighted by atomic mass is 10.2. The minimum absolute atomic E-state index is 0.0517. The van der Waals surface area contributed by atoms with Crippen LogP contribution in [0.15, 0.2) is 47.4 Å². The fourth-order valence-corrected chi connectivity index (χ4v) is 4.99. The number of carbonyl (C=O) groups excluding carboxylic acids is 1.